The zero-order chi connectivity index (χ0) is 13.4. The van der Waals surface area contributed by atoms with E-state index in [1.54, 1.807) is 0 Å². The number of halogens is 1. The van der Waals surface area contributed by atoms with Gasteiger partial charge >= 0.3 is 0 Å². The second kappa shape index (κ2) is 4.93. The van der Waals surface area contributed by atoms with Gasteiger partial charge in [0.15, 0.2) is 0 Å². The van der Waals surface area contributed by atoms with Gasteiger partial charge in [-0.25, -0.2) is 4.98 Å². The molecule has 98 valence electrons. The Kier molecular flexibility index (Phi) is 3.67. The number of aromatic nitrogens is 2. The first-order valence-electron chi connectivity index (χ1n) is 6.54. The van der Waals surface area contributed by atoms with Crippen molar-refractivity contribution in [3.8, 4) is 0 Å². The van der Waals surface area contributed by atoms with Gasteiger partial charge in [-0.3, -0.25) is 0 Å². The van der Waals surface area contributed by atoms with Crippen molar-refractivity contribution in [2.75, 3.05) is 0 Å². The molecule has 2 aromatic rings. The van der Waals surface area contributed by atoms with Crippen molar-refractivity contribution in [2.24, 2.45) is 5.92 Å². The van der Waals surface area contributed by atoms with Crippen LogP contribution in [0, 0.1) is 12.8 Å². The van der Waals surface area contributed by atoms with Gasteiger partial charge in [0, 0.05) is 6.04 Å². The summed E-state index contributed by atoms with van der Waals surface area (Å²) in [6.07, 6.45) is 0. The molecule has 2 rings (SSSR count). The van der Waals surface area contributed by atoms with E-state index in [4.69, 9.17) is 16.6 Å². The van der Waals surface area contributed by atoms with E-state index in [1.165, 1.54) is 11.1 Å². The lowest BCUT2D eigenvalue weighted by atomic mass is 10.1. The molecule has 2 unspecified atom stereocenters. The van der Waals surface area contributed by atoms with Crippen molar-refractivity contribution in [1.29, 1.82) is 0 Å². The van der Waals surface area contributed by atoms with Crippen LogP contribution in [0.3, 0.4) is 0 Å². The van der Waals surface area contributed by atoms with E-state index in [9.17, 15) is 0 Å². The smallest absolute Gasteiger partial charge is 0.127 e. The highest BCUT2D eigenvalue weighted by molar-refractivity contribution is 6.20. The van der Waals surface area contributed by atoms with Gasteiger partial charge in [0.2, 0.25) is 0 Å². The maximum Gasteiger partial charge on any atom is 0.127 e. The molecule has 0 fully saturated rings. The number of fused-ring (bicyclic) bond motifs is 1. The van der Waals surface area contributed by atoms with Gasteiger partial charge in [0.25, 0.3) is 0 Å². The molecule has 0 radical (unpaired) electrons. The van der Waals surface area contributed by atoms with Crippen LogP contribution >= 0.6 is 11.6 Å². The quantitative estimate of drug-likeness (QED) is 0.724. The summed E-state index contributed by atoms with van der Waals surface area (Å²) in [6, 6.07) is 6.81. The fraction of sp³-hybridized carbons (Fsp3) is 0.533. The Balaban J connectivity index is 2.70. The van der Waals surface area contributed by atoms with Crippen LogP contribution in [0.4, 0.5) is 0 Å². The van der Waals surface area contributed by atoms with Crippen LogP contribution in [-0.2, 0) is 0 Å². The minimum absolute atomic E-state index is 0.0705. The molecule has 18 heavy (non-hydrogen) atoms. The topological polar surface area (TPSA) is 17.8 Å². The number of hydrogen-bond donors (Lipinski definition) is 0. The van der Waals surface area contributed by atoms with Crippen molar-refractivity contribution in [1.82, 2.24) is 9.55 Å². The Morgan fingerprint density at radius 2 is 1.83 bits per heavy atom. The normalized spacial score (nSPS) is 15.3. The van der Waals surface area contributed by atoms with E-state index in [0.717, 1.165) is 11.3 Å². The van der Waals surface area contributed by atoms with E-state index in [-0.39, 0.29) is 5.38 Å². The average Bonchev–Trinajstić information content (AvgIpc) is 2.66. The third kappa shape index (κ3) is 2.26. The molecule has 0 aliphatic heterocycles. The molecule has 0 amide bonds. The maximum absolute atomic E-state index is 6.28. The third-order valence-electron chi connectivity index (χ3n) is 3.60. The van der Waals surface area contributed by atoms with E-state index in [0.29, 0.717) is 12.0 Å². The molecule has 2 atom stereocenters. The SMILES string of the molecule is Cc1ccc2c(c1)nc(C(C)Cl)n2C(C)C(C)C. The second-order valence-corrected chi connectivity index (χ2v) is 6.09. The highest BCUT2D eigenvalue weighted by atomic mass is 35.5. The van der Waals surface area contributed by atoms with Crippen molar-refractivity contribution < 1.29 is 0 Å². The third-order valence-corrected chi connectivity index (χ3v) is 3.80. The number of benzene rings is 1. The Labute approximate surface area is 114 Å². The summed E-state index contributed by atoms with van der Waals surface area (Å²) in [4.78, 5) is 4.71. The zero-order valence-corrected chi connectivity index (χ0v) is 12.5. The van der Waals surface area contributed by atoms with Gasteiger partial charge in [-0.1, -0.05) is 19.9 Å². The molecule has 3 heteroatoms. The highest BCUT2D eigenvalue weighted by Crippen LogP contribution is 2.31. The summed E-state index contributed by atoms with van der Waals surface area (Å²) in [6.45, 7) is 10.8. The van der Waals surface area contributed by atoms with Crippen LogP contribution < -0.4 is 0 Å². The summed E-state index contributed by atoms with van der Waals surface area (Å²) in [5, 5.41) is -0.0705. The van der Waals surface area contributed by atoms with Gasteiger partial charge in [-0.15, -0.1) is 11.6 Å². The highest BCUT2D eigenvalue weighted by Gasteiger charge is 2.20. The number of aryl methyl sites for hydroxylation is 1. The fourth-order valence-electron chi connectivity index (χ4n) is 2.23. The van der Waals surface area contributed by atoms with Crippen LogP contribution in [0.15, 0.2) is 18.2 Å². The fourth-order valence-corrected chi connectivity index (χ4v) is 2.39. The number of hydrogen-bond acceptors (Lipinski definition) is 1. The number of nitrogens with zero attached hydrogens (tertiary/aromatic N) is 2. The lowest BCUT2D eigenvalue weighted by Gasteiger charge is -2.22. The number of alkyl halides is 1. The predicted molar refractivity (Wildman–Crippen MR) is 78.3 cm³/mol. The van der Waals surface area contributed by atoms with Gasteiger partial charge in [0.05, 0.1) is 16.4 Å². The first-order chi connectivity index (χ1) is 8.41. The van der Waals surface area contributed by atoms with E-state index < -0.39 is 0 Å². The molecule has 1 aromatic carbocycles. The lowest BCUT2D eigenvalue weighted by molar-refractivity contribution is 0.405. The maximum atomic E-state index is 6.28. The molecule has 0 saturated carbocycles. The first-order valence-corrected chi connectivity index (χ1v) is 6.98. The number of imidazole rings is 1. The molecular weight excluding hydrogens is 244 g/mol. The number of rotatable bonds is 3. The minimum atomic E-state index is -0.0705. The molecule has 0 aliphatic carbocycles. The molecule has 0 saturated heterocycles. The Hall–Kier alpha value is -1.02. The van der Waals surface area contributed by atoms with Crippen molar-refractivity contribution in [3.63, 3.8) is 0 Å². The van der Waals surface area contributed by atoms with Crippen LogP contribution in [0.1, 0.15) is 50.5 Å². The largest absolute Gasteiger partial charge is 0.324 e. The van der Waals surface area contributed by atoms with Gasteiger partial charge in [0.1, 0.15) is 5.82 Å². The first kappa shape index (κ1) is 13.4. The molecule has 0 N–H and O–H groups in total. The van der Waals surface area contributed by atoms with Gasteiger partial charge in [-0.05, 0) is 44.4 Å². The van der Waals surface area contributed by atoms with Crippen molar-refractivity contribution in [3.05, 3.63) is 29.6 Å². The monoisotopic (exact) mass is 264 g/mol. The summed E-state index contributed by atoms with van der Waals surface area (Å²) in [5.41, 5.74) is 3.47. The van der Waals surface area contributed by atoms with Gasteiger partial charge in [-0.2, -0.15) is 0 Å². The average molecular weight is 265 g/mol. The van der Waals surface area contributed by atoms with E-state index >= 15 is 0 Å². The second-order valence-electron chi connectivity index (χ2n) is 5.43. The summed E-state index contributed by atoms with van der Waals surface area (Å²) >= 11 is 6.28. The molecule has 0 bridgehead atoms. The molecule has 1 heterocycles. The molecule has 0 aliphatic rings. The Morgan fingerprint density at radius 1 is 1.17 bits per heavy atom. The predicted octanol–water partition coefficient (Wildman–Crippen LogP) is 4.86. The summed E-state index contributed by atoms with van der Waals surface area (Å²) in [5.74, 6) is 1.52. The molecule has 0 spiro atoms. The van der Waals surface area contributed by atoms with Crippen molar-refractivity contribution in [2.45, 2.75) is 46.0 Å². The lowest BCUT2D eigenvalue weighted by Crippen LogP contribution is -2.14. The van der Waals surface area contributed by atoms with E-state index in [2.05, 4.69) is 50.5 Å². The van der Waals surface area contributed by atoms with Crippen molar-refractivity contribution >= 4 is 22.6 Å². The minimum Gasteiger partial charge on any atom is -0.324 e. The standard InChI is InChI=1S/C15H21ClN2/c1-9(2)12(5)18-14-7-6-10(3)8-13(14)17-15(18)11(4)16/h6-9,11-12H,1-5H3. The van der Waals surface area contributed by atoms with Crippen LogP contribution in [-0.4, -0.2) is 9.55 Å². The van der Waals surface area contributed by atoms with Gasteiger partial charge < -0.3 is 4.57 Å². The van der Waals surface area contributed by atoms with E-state index in [1.807, 2.05) is 6.92 Å². The van der Waals surface area contributed by atoms with Crippen LogP contribution in [0.5, 0.6) is 0 Å². The summed E-state index contributed by atoms with van der Waals surface area (Å²) < 4.78 is 2.29. The van der Waals surface area contributed by atoms with Crippen LogP contribution in [0.2, 0.25) is 0 Å². The Bertz CT molecular complexity index is 555. The molecular formula is C15H21ClN2. The zero-order valence-electron chi connectivity index (χ0n) is 11.7. The molecule has 2 nitrogen and oxygen atoms in total. The Morgan fingerprint density at radius 3 is 2.39 bits per heavy atom. The van der Waals surface area contributed by atoms with Crippen LogP contribution in [0.25, 0.3) is 11.0 Å². The summed E-state index contributed by atoms with van der Waals surface area (Å²) in [7, 11) is 0. The molecule has 1 aromatic heterocycles.